The summed E-state index contributed by atoms with van der Waals surface area (Å²) in [6, 6.07) is 0. The maximum absolute atomic E-state index is 12.1. The summed E-state index contributed by atoms with van der Waals surface area (Å²) >= 11 is 1.73. The highest BCUT2D eigenvalue weighted by molar-refractivity contribution is 8.04. The molecule has 0 aromatic heterocycles. The maximum atomic E-state index is 12.1. The predicted octanol–water partition coefficient (Wildman–Crippen LogP) is 2.31. The molecule has 4 heteroatoms. The van der Waals surface area contributed by atoms with Crippen molar-refractivity contribution < 1.29 is 9.59 Å². The molecule has 2 rings (SSSR count). The molecule has 2 aliphatic heterocycles. The number of hydrogen-bond acceptors (Lipinski definition) is 3. The molecule has 0 N–H and O–H groups in total. The SMILES string of the molecule is C=CC1=C(C=C)C(=O)CC2(CCN(C=O)CC2)S1. The van der Waals surface area contributed by atoms with E-state index < -0.39 is 0 Å². The number of rotatable bonds is 3. The molecular weight excluding hydrogens is 246 g/mol. The van der Waals surface area contributed by atoms with Crippen LogP contribution >= 0.6 is 11.8 Å². The van der Waals surface area contributed by atoms with Crippen molar-refractivity contribution in [2.75, 3.05) is 13.1 Å². The molecule has 0 atom stereocenters. The van der Waals surface area contributed by atoms with Gasteiger partial charge in [-0.3, -0.25) is 9.59 Å². The second-order valence-electron chi connectivity index (χ2n) is 4.71. The molecular formula is C14H17NO2S. The minimum Gasteiger partial charge on any atom is -0.345 e. The fourth-order valence-corrected chi connectivity index (χ4v) is 3.98. The Morgan fingerprint density at radius 3 is 2.39 bits per heavy atom. The van der Waals surface area contributed by atoms with Crippen LogP contribution in [0.2, 0.25) is 0 Å². The van der Waals surface area contributed by atoms with Gasteiger partial charge in [-0.15, -0.1) is 11.8 Å². The summed E-state index contributed by atoms with van der Waals surface area (Å²) in [5.41, 5.74) is 0.693. The molecule has 0 aromatic rings. The molecule has 1 amide bonds. The predicted molar refractivity (Wildman–Crippen MR) is 74.2 cm³/mol. The van der Waals surface area contributed by atoms with Crippen molar-refractivity contribution >= 4 is 24.0 Å². The van der Waals surface area contributed by atoms with Crippen molar-refractivity contribution in [3.63, 3.8) is 0 Å². The van der Waals surface area contributed by atoms with Crippen molar-refractivity contribution in [3.8, 4) is 0 Å². The molecule has 96 valence electrons. The van der Waals surface area contributed by atoms with Crippen LogP contribution in [0.25, 0.3) is 0 Å². The van der Waals surface area contributed by atoms with E-state index in [9.17, 15) is 9.59 Å². The first kappa shape index (κ1) is 13.1. The fraction of sp³-hybridized carbons (Fsp3) is 0.429. The summed E-state index contributed by atoms with van der Waals surface area (Å²) in [6.45, 7) is 8.95. The van der Waals surface area contributed by atoms with Crippen molar-refractivity contribution in [2.45, 2.75) is 24.0 Å². The largest absolute Gasteiger partial charge is 0.345 e. The second-order valence-corrected chi connectivity index (χ2v) is 6.22. The van der Waals surface area contributed by atoms with Gasteiger partial charge in [0.1, 0.15) is 0 Å². The third-order valence-electron chi connectivity index (χ3n) is 3.62. The molecule has 1 spiro atoms. The summed E-state index contributed by atoms with van der Waals surface area (Å²) in [6.07, 6.45) is 6.53. The zero-order valence-corrected chi connectivity index (χ0v) is 11.2. The Bertz CT molecular complexity index is 431. The average Bonchev–Trinajstić information content (AvgIpc) is 2.39. The Morgan fingerprint density at radius 1 is 1.22 bits per heavy atom. The van der Waals surface area contributed by atoms with Gasteiger partial charge in [0.25, 0.3) is 0 Å². The zero-order valence-electron chi connectivity index (χ0n) is 10.4. The number of ketones is 1. The van der Waals surface area contributed by atoms with Gasteiger partial charge in [0.05, 0.1) is 0 Å². The smallest absolute Gasteiger partial charge is 0.209 e. The lowest BCUT2D eigenvalue weighted by atomic mass is 9.88. The lowest BCUT2D eigenvalue weighted by molar-refractivity contribution is -0.119. The summed E-state index contributed by atoms with van der Waals surface area (Å²) < 4.78 is -0.0490. The van der Waals surface area contributed by atoms with E-state index in [0.29, 0.717) is 12.0 Å². The van der Waals surface area contributed by atoms with Crippen molar-refractivity contribution in [1.29, 1.82) is 0 Å². The van der Waals surface area contributed by atoms with Crippen LogP contribution in [0.1, 0.15) is 19.3 Å². The number of thioether (sulfide) groups is 1. The van der Waals surface area contributed by atoms with Gasteiger partial charge in [-0.05, 0) is 12.8 Å². The van der Waals surface area contributed by atoms with Gasteiger partial charge in [-0.2, -0.15) is 0 Å². The Morgan fingerprint density at radius 2 is 1.89 bits per heavy atom. The van der Waals surface area contributed by atoms with E-state index in [-0.39, 0.29) is 10.5 Å². The Kier molecular flexibility index (Phi) is 3.76. The molecule has 18 heavy (non-hydrogen) atoms. The van der Waals surface area contributed by atoms with Gasteiger partial charge in [-0.1, -0.05) is 25.3 Å². The van der Waals surface area contributed by atoms with Crippen molar-refractivity contribution in [3.05, 3.63) is 35.8 Å². The molecule has 1 saturated heterocycles. The Hall–Kier alpha value is -1.29. The van der Waals surface area contributed by atoms with Gasteiger partial charge in [0, 0.05) is 34.7 Å². The first-order chi connectivity index (χ1) is 8.64. The second kappa shape index (κ2) is 5.14. The van der Waals surface area contributed by atoms with E-state index in [1.54, 1.807) is 28.8 Å². The van der Waals surface area contributed by atoms with Crippen LogP contribution in [0.5, 0.6) is 0 Å². The number of carbonyl (C=O) groups excluding carboxylic acids is 2. The normalized spacial score (nSPS) is 23.1. The van der Waals surface area contributed by atoms with Gasteiger partial charge in [0.15, 0.2) is 5.78 Å². The number of amides is 1. The first-order valence-corrected chi connectivity index (χ1v) is 6.86. The monoisotopic (exact) mass is 263 g/mol. The van der Waals surface area contributed by atoms with E-state index in [1.165, 1.54) is 0 Å². The number of likely N-dealkylation sites (tertiary alicyclic amines) is 1. The van der Waals surface area contributed by atoms with Crippen LogP contribution in [-0.4, -0.2) is 34.9 Å². The van der Waals surface area contributed by atoms with Gasteiger partial charge in [-0.25, -0.2) is 0 Å². The molecule has 1 fully saturated rings. The fourth-order valence-electron chi connectivity index (χ4n) is 2.53. The summed E-state index contributed by atoms with van der Waals surface area (Å²) in [7, 11) is 0. The number of Topliss-reactive ketones (excluding diaryl/α,β-unsaturated/α-hetero) is 1. The summed E-state index contributed by atoms with van der Waals surface area (Å²) in [5, 5.41) is 0. The quantitative estimate of drug-likeness (QED) is 0.733. The zero-order chi connectivity index (χ0) is 13.2. The molecule has 2 heterocycles. The molecule has 0 bridgehead atoms. The minimum absolute atomic E-state index is 0.0490. The maximum Gasteiger partial charge on any atom is 0.209 e. The van der Waals surface area contributed by atoms with E-state index in [0.717, 1.165) is 37.2 Å². The molecule has 0 aromatic carbocycles. The number of allylic oxidation sites excluding steroid dienone is 3. The topological polar surface area (TPSA) is 37.4 Å². The first-order valence-electron chi connectivity index (χ1n) is 6.05. The van der Waals surface area contributed by atoms with Gasteiger partial charge >= 0.3 is 0 Å². The molecule has 3 nitrogen and oxygen atoms in total. The highest BCUT2D eigenvalue weighted by Gasteiger charge is 2.41. The molecule has 0 saturated carbocycles. The minimum atomic E-state index is -0.0490. The molecule has 0 radical (unpaired) electrons. The lowest BCUT2D eigenvalue weighted by Gasteiger charge is -2.42. The number of hydrogen-bond donors (Lipinski definition) is 0. The van der Waals surface area contributed by atoms with Gasteiger partial charge < -0.3 is 4.90 Å². The highest BCUT2D eigenvalue weighted by atomic mass is 32.2. The highest BCUT2D eigenvalue weighted by Crippen LogP contribution is 2.48. The molecule has 0 aliphatic carbocycles. The van der Waals surface area contributed by atoms with Crippen LogP contribution in [0.15, 0.2) is 35.8 Å². The van der Waals surface area contributed by atoms with E-state index in [1.807, 2.05) is 0 Å². The van der Waals surface area contributed by atoms with Crippen LogP contribution in [0.4, 0.5) is 0 Å². The number of piperidine rings is 1. The third kappa shape index (κ3) is 2.29. The molecule has 2 aliphatic rings. The lowest BCUT2D eigenvalue weighted by Crippen LogP contribution is -2.44. The van der Waals surface area contributed by atoms with E-state index in [4.69, 9.17) is 0 Å². The van der Waals surface area contributed by atoms with Crippen LogP contribution in [0.3, 0.4) is 0 Å². The third-order valence-corrected chi connectivity index (χ3v) is 5.22. The van der Waals surface area contributed by atoms with Crippen LogP contribution in [-0.2, 0) is 9.59 Å². The van der Waals surface area contributed by atoms with Gasteiger partial charge in [0.2, 0.25) is 6.41 Å². The average molecular weight is 263 g/mol. The van der Waals surface area contributed by atoms with Crippen LogP contribution < -0.4 is 0 Å². The Labute approximate surface area is 112 Å². The standard InChI is InChI=1S/C14H17NO2S/c1-3-11-12(17)9-14(18-13(11)4-2)5-7-15(10-16)8-6-14/h3-4,10H,1-2,5-9H2. The molecule has 0 unspecified atom stereocenters. The van der Waals surface area contributed by atoms with Crippen LogP contribution in [0, 0.1) is 0 Å². The number of nitrogens with zero attached hydrogens (tertiary/aromatic N) is 1. The van der Waals surface area contributed by atoms with E-state index >= 15 is 0 Å². The Balaban J connectivity index is 2.22. The number of carbonyl (C=O) groups is 2. The van der Waals surface area contributed by atoms with Crippen molar-refractivity contribution in [1.82, 2.24) is 4.90 Å². The summed E-state index contributed by atoms with van der Waals surface area (Å²) in [5.74, 6) is 0.151. The van der Waals surface area contributed by atoms with Crippen molar-refractivity contribution in [2.24, 2.45) is 0 Å². The summed E-state index contributed by atoms with van der Waals surface area (Å²) in [4.78, 5) is 25.6. The van der Waals surface area contributed by atoms with E-state index in [2.05, 4.69) is 13.2 Å².